The number of hydrogen-bond acceptors (Lipinski definition) is 3. The number of hydrogen-bond donors (Lipinski definition) is 1. The summed E-state index contributed by atoms with van der Waals surface area (Å²) < 4.78 is 0. The van der Waals surface area contributed by atoms with E-state index < -0.39 is 5.41 Å². The third kappa shape index (κ3) is 1.96. The third-order valence-corrected chi connectivity index (χ3v) is 4.08. The standard InChI is InChI=1S/C12H14N2OS/c1-9-3-4-10(16-9)7-14-11(15)12(8-13)5-2-6-12/h3-4H,2,5-7H2,1H3,(H,14,15). The SMILES string of the molecule is Cc1ccc(CNC(=O)C2(C#N)CCC2)s1. The molecule has 1 aromatic heterocycles. The molecule has 16 heavy (non-hydrogen) atoms. The molecule has 0 radical (unpaired) electrons. The summed E-state index contributed by atoms with van der Waals surface area (Å²) in [5, 5.41) is 11.9. The van der Waals surface area contributed by atoms with Crippen LogP contribution in [-0.2, 0) is 11.3 Å². The molecule has 1 N–H and O–H groups in total. The Labute approximate surface area is 99.1 Å². The molecule has 4 heteroatoms. The molecule has 1 fully saturated rings. The highest BCUT2D eigenvalue weighted by Crippen LogP contribution is 2.40. The Morgan fingerprint density at radius 1 is 1.62 bits per heavy atom. The molecule has 0 saturated heterocycles. The Kier molecular flexibility index (Phi) is 2.97. The number of rotatable bonds is 3. The van der Waals surface area contributed by atoms with Gasteiger partial charge in [-0.1, -0.05) is 0 Å². The number of amides is 1. The van der Waals surface area contributed by atoms with E-state index in [-0.39, 0.29) is 5.91 Å². The van der Waals surface area contributed by atoms with Crippen LogP contribution in [0, 0.1) is 23.7 Å². The Morgan fingerprint density at radius 2 is 2.38 bits per heavy atom. The fourth-order valence-corrected chi connectivity index (χ4v) is 2.67. The van der Waals surface area contributed by atoms with Crippen LogP contribution in [0.2, 0.25) is 0 Å². The molecular formula is C12H14N2OS. The molecule has 0 aliphatic heterocycles. The van der Waals surface area contributed by atoms with Crippen molar-refractivity contribution in [2.75, 3.05) is 0 Å². The van der Waals surface area contributed by atoms with Gasteiger partial charge >= 0.3 is 0 Å². The average molecular weight is 234 g/mol. The molecule has 2 rings (SSSR count). The maximum absolute atomic E-state index is 11.8. The van der Waals surface area contributed by atoms with Gasteiger partial charge in [-0.2, -0.15) is 5.26 Å². The van der Waals surface area contributed by atoms with Crippen LogP contribution < -0.4 is 5.32 Å². The van der Waals surface area contributed by atoms with Gasteiger partial charge in [0.05, 0.1) is 12.6 Å². The summed E-state index contributed by atoms with van der Waals surface area (Å²) in [6, 6.07) is 6.20. The minimum Gasteiger partial charge on any atom is -0.350 e. The Morgan fingerprint density at radius 3 is 2.81 bits per heavy atom. The van der Waals surface area contributed by atoms with E-state index in [2.05, 4.69) is 11.4 Å². The maximum atomic E-state index is 11.8. The van der Waals surface area contributed by atoms with Crippen molar-refractivity contribution in [3.05, 3.63) is 21.9 Å². The summed E-state index contributed by atoms with van der Waals surface area (Å²) in [5.74, 6) is -0.104. The lowest BCUT2D eigenvalue weighted by Gasteiger charge is -2.33. The first-order chi connectivity index (χ1) is 7.66. The highest BCUT2D eigenvalue weighted by molar-refractivity contribution is 7.11. The van der Waals surface area contributed by atoms with Crippen molar-refractivity contribution in [3.8, 4) is 6.07 Å². The molecule has 0 aromatic carbocycles. The van der Waals surface area contributed by atoms with Crippen LogP contribution >= 0.6 is 11.3 Å². The summed E-state index contributed by atoms with van der Waals surface area (Å²) in [6.07, 6.45) is 2.40. The molecule has 1 aliphatic carbocycles. The first-order valence-electron chi connectivity index (χ1n) is 5.41. The van der Waals surface area contributed by atoms with E-state index in [4.69, 9.17) is 5.26 Å². The number of aryl methyl sites for hydroxylation is 1. The quantitative estimate of drug-likeness (QED) is 0.873. The van der Waals surface area contributed by atoms with Gasteiger partial charge in [0.2, 0.25) is 5.91 Å². The molecule has 0 unspecified atom stereocenters. The van der Waals surface area contributed by atoms with Crippen LogP contribution in [0.3, 0.4) is 0 Å². The predicted molar refractivity (Wildman–Crippen MR) is 62.8 cm³/mol. The number of carbonyl (C=O) groups excluding carboxylic acids is 1. The second-order valence-corrected chi connectivity index (χ2v) is 5.61. The summed E-state index contributed by atoms with van der Waals surface area (Å²) >= 11 is 1.68. The Hall–Kier alpha value is -1.34. The fraction of sp³-hybridized carbons (Fsp3) is 0.500. The summed E-state index contributed by atoms with van der Waals surface area (Å²) in [7, 11) is 0. The van der Waals surface area contributed by atoms with Crippen LogP contribution in [0.25, 0.3) is 0 Å². The highest BCUT2D eigenvalue weighted by atomic mass is 32.1. The number of carbonyl (C=O) groups is 1. The fourth-order valence-electron chi connectivity index (χ4n) is 1.84. The topological polar surface area (TPSA) is 52.9 Å². The van der Waals surface area contributed by atoms with Gasteiger partial charge in [0, 0.05) is 9.75 Å². The van der Waals surface area contributed by atoms with Crippen molar-refractivity contribution < 1.29 is 4.79 Å². The minimum atomic E-state index is -0.730. The maximum Gasteiger partial charge on any atom is 0.240 e. The minimum absolute atomic E-state index is 0.104. The van der Waals surface area contributed by atoms with Gasteiger partial charge in [-0.15, -0.1) is 11.3 Å². The van der Waals surface area contributed by atoms with Crippen molar-refractivity contribution in [1.82, 2.24) is 5.32 Å². The van der Waals surface area contributed by atoms with Gasteiger partial charge in [-0.3, -0.25) is 4.79 Å². The molecule has 1 aliphatic rings. The van der Waals surface area contributed by atoms with Gasteiger partial charge in [-0.25, -0.2) is 0 Å². The monoisotopic (exact) mass is 234 g/mol. The highest BCUT2D eigenvalue weighted by Gasteiger charge is 2.44. The molecule has 0 bridgehead atoms. The molecule has 0 spiro atoms. The predicted octanol–water partition coefficient (Wildman–Crippen LogP) is 2.37. The first kappa shape index (κ1) is 11.2. The molecule has 84 valence electrons. The summed E-state index contributed by atoms with van der Waals surface area (Å²) in [4.78, 5) is 14.2. The van der Waals surface area contributed by atoms with E-state index in [9.17, 15) is 4.79 Å². The second kappa shape index (κ2) is 4.26. The largest absolute Gasteiger partial charge is 0.350 e. The van der Waals surface area contributed by atoms with Crippen LogP contribution in [0.4, 0.5) is 0 Å². The van der Waals surface area contributed by atoms with E-state index in [0.29, 0.717) is 19.4 Å². The van der Waals surface area contributed by atoms with Crippen molar-refractivity contribution in [2.45, 2.75) is 32.7 Å². The second-order valence-electron chi connectivity index (χ2n) is 4.24. The van der Waals surface area contributed by atoms with Gasteiger partial charge in [0.25, 0.3) is 0 Å². The van der Waals surface area contributed by atoms with E-state index >= 15 is 0 Å². The van der Waals surface area contributed by atoms with Crippen LogP contribution in [0.1, 0.15) is 29.0 Å². The van der Waals surface area contributed by atoms with Gasteiger partial charge in [0.1, 0.15) is 5.41 Å². The van der Waals surface area contributed by atoms with E-state index in [1.54, 1.807) is 11.3 Å². The molecule has 1 amide bonds. The third-order valence-electron chi connectivity index (χ3n) is 3.07. The lowest BCUT2D eigenvalue weighted by atomic mass is 9.69. The molecule has 1 aromatic rings. The zero-order chi connectivity index (χ0) is 11.6. The average Bonchev–Trinajstić information content (AvgIpc) is 2.60. The zero-order valence-corrected chi connectivity index (χ0v) is 10.1. The lowest BCUT2D eigenvalue weighted by Crippen LogP contribution is -2.44. The molecule has 1 saturated carbocycles. The van der Waals surface area contributed by atoms with Crippen molar-refractivity contribution in [1.29, 1.82) is 5.26 Å². The number of nitrogens with one attached hydrogen (secondary N) is 1. The number of nitrogens with zero attached hydrogens (tertiary/aromatic N) is 1. The van der Waals surface area contributed by atoms with Gasteiger partial charge in [-0.05, 0) is 38.3 Å². The normalized spacial score (nSPS) is 17.2. The molecule has 3 nitrogen and oxygen atoms in total. The summed E-state index contributed by atoms with van der Waals surface area (Å²) in [5.41, 5.74) is -0.730. The van der Waals surface area contributed by atoms with E-state index in [1.807, 2.05) is 19.1 Å². The van der Waals surface area contributed by atoms with Crippen molar-refractivity contribution in [2.24, 2.45) is 5.41 Å². The first-order valence-corrected chi connectivity index (χ1v) is 6.23. The van der Waals surface area contributed by atoms with Crippen LogP contribution in [-0.4, -0.2) is 5.91 Å². The van der Waals surface area contributed by atoms with Crippen LogP contribution in [0.15, 0.2) is 12.1 Å². The molecule has 1 heterocycles. The Balaban J connectivity index is 1.91. The molecular weight excluding hydrogens is 220 g/mol. The van der Waals surface area contributed by atoms with Gasteiger partial charge < -0.3 is 5.32 Å². The number of nitriles is 1. The summed E-state index contributed by atoms with van der Waals surface area (Å²) in [6.45, 7) is 2.58. The van der Waals surface area contributed by atoms with Crippen molar-refractivity contribution in [3.63, 3.8) is 0 Å². The van der Waals surface area contributed by atoms with E-state index in [0.717, 1.165) is 11.3 Å². The molecule has 0 atom stereocenters. The smallest absolute Gasteiger partial charge is 0.240 e. The Bertz CT molecular complexity index is 440. The zero-order valence-electron chi connectivity index (χ0n) is 9.25. The van der Waals surface area contributed by atoms with Crippen molar-refractivity contribution >= 4 is 17.2 Å². The van der Waals surface area contributed by atoms with Gasteiger partial charge in [0.15, 0.2) is 0 Å². The van der Waals surface area contributed by atoms with Crippen LogP contribution in [0.5, 0.6) is 0 Å². The number of thiophene rings is 1. The van der Waals surface area contributed by atoms with E-state index in [1.165, 1.54) is 4.88 Å². The lowest BCUT2D eigenvalue weighted by molar-refractivity contribution is -0.131.